The zero-order valence-electron chi connectivity index (χ0n) is 18.0. The highest BCUT2D eigenvalue weighted by Gasteiger charge is 2.34. The fraction of sp³-hybridized carbons (Fsp3) is 0.320. The van der Waals surface area contributed by atoms with Gasteiger partial charge >= 0.3 is 0 Å². The molecular weight excluding hydrogens is 396 g/mol. The second-order valence-corrected chi connectivity index (χ2v) is 8.15. The molecule has 0 aliphatic carbocycles. The van der Waals surface area contributed by atoms with Gasteiger partial charge in [-0.15, -0.1) is 0 Å². The van der Waals surface area contributed by atoms with Gasteiger partial charge in [0.05, 0.1) is 6.42 Å². The number of allylic oxidation sites excluding steroid dienone is 4. The summed E-state index contributed by atoms with van der Waals surface area (Å²) >= 11 is 0. The highest BCUT2D eigenvalue weighted by Crippen LogP contribution is 2.46. The zero-order chi connectivity index (χ0) is 22.7. The summed E-state index contributed by atoms with van der Waals surface area (Å²) in [4.78, 5) is 12.8. The number of rotatable bonds is 6. The maximum Gasteiger partial charge on any atom is 0.174 e. The van der Waals surface area contributed by atoms with E-state index in [1.165, 1.54) is 29.8 Å². The molecule has 3 rings (SSSR count). The van der Waals surface area contributed by atoms with E-state index in [9.17, 15) is 25.2 Å². The third kappa shape index (κ3) is 5.02. The number of hydrogen-bond acceptors (Lipinski definition) is 6. The van der Waals surface area contributed by atoms with Crippen molar-refractivity contribution in [2.45, 2.75) is 52.6 Å². The van der Waals surface area contributed by atoms with E-state index < -0.39 is 6.10 Å². The Labute approximate surface area is 181 Å². The van der Waals surface area contributed by atoms with E-state index in [1.807, 2.05) is 13.0 Å². The molecule has 6 heteroatoms. The number of phenols is 4. The summed E-state index contributed by atoms with van der Waals surface area (Å²) in [5.41, 5.74) is 3.18. The summed E-state index contributed by atoms with van der Waals surface area (Å²) < 4.78 is 6.03. The van der Waals surface area contributed by atoms with Crippen molar-refractivity contribution < 1.29 is 30.0 Å². The topological polar surface area (TPSA) is 107 Å². The highest BCUT2D eigenvalue weighted by atomic mass is 16.5. The Balaban J connectivity index is 1.94. The predicted molar refractivity (Wildman–Crippen MR) is 118 cm³/mol. The first kappa shape index (κ1) is 22.3. The largest absolute Gasteiger partial charge is 0.508 e. The maximum atomic E-state index is 12.8. The molecule has 31 heavy (non-hydrogen) atoms. The van der Waals surface area contributed by atoms with Crippen molar-refractivity contribution >= 4 is 5.78 Å². The van der Waals surface area contributed by atoms with E-state index in [0.29, 0.717) is 17.5 Å². The molecule has 0 unspecified atom stereocenters. The molecule has 1 aliphatic rings. The second kappa shape index (κ2) is 9.16. The Morgan fingerprint density at radius 2 is 1.77 bits per heavy atom. The van der Waals surface area contributed by atoms with Gasteiger partial charge in [0.1, 0.15) is 40.4 Å². The minimum absolute atomic E-state index is 0.0397. The van der Waals surface area contributed by atoms with Crippen molar-refractivity contribution in [3.05, 3.63) is 64.3 Å². The van der Waals surface area contributed by atoms with Gasteiger partial charge in [-0.3, -0.25) is 4.79 Å². The van der Waals surface area contributed by atoms with Crippen LogP contribution in [-0.2, 0) is 6.42 Å². The van der Waals surface area contributed by atoms with Crippen molar-refractivity contribution in [1.82, 2.24) is 0 Å². The average molecular weight is 424 g/mol. The number of phenolic OH excluding ortho intramolecular Hbond substituents is 4. The van der Waals surface area contributed by atoms with Crippen LogP contribution in [0.2, 0.25) is 0 Å². The van der Waals surface area contributed by atoms with Crippen molar-refractivity contribution in [2.75, 3.05) is 0 Å². The Bertz CT molecular complexity index is 1060. The first-order valence-corrected chi connectivity index (χ1v) is 10.3. The molecule has 0 fully saturated rings. The first-order chi connectivity index (χ1) is 14.7. The smallest absolute Gasteiger partial charge is 0.174 e. The van der Waals surface area contributed by atoms with Crippen molar-refractivity contribution in [3.8, 4) is 28.7 Å². The van der Waals surface area contributed by atoms with E-state index in [2.05, 4.69) is 19.9 Å². The molecule has 2 aromatic rings. The van der Waals surface area contributed by atoms with Gasteiger partial charge in [-0.1, -0.05) is 23.3 Å². The summed E-state index contributed by atoms with van der Waals surface area (Å²) in [7, 11) is 0. The number of Topliss-reactive ketones (excluding diaryl/α,β-unsaturated/α-hetero) is 1. The van der Waals surface area contributed by atoms with Crippen molar-refractivity contribution in [3.63, 3.8) is 0 Å². The van der Waals surface area contributed by atoms with Crippen molar-refractivity contribution in [2.24, 2.45) is 0 Å². The minimum atomic E-state index is -0.803. The first-order valence-electron chi connectivity index (χ1n) is 10.3. The molecule has 1 atom stereocenters. The molecule has 1 aliphatic heterocycles. The van der Waals surface area contributed by atoms with Crippen LogP contribution < -0.4 is 4.74 Å². The predicted octanol–water partition coefficient (Wildman–Crippen LogP) is 5.45. The number of carbonyl (C=O) groups excluding carboxylic acids is 1. The van der Waals surface area contributed by atoms with Gasteiger partial charge in [0, 0.05) is 23.3 Å². The molecule has 0 saturated heterocycles. The molecule has 4 N–H and O–H groups in total. The molecular formula is C25H28O6. The van der Waals surface area contributed by atoms with Crippen LogP contribution in [0.1, 0.15) is 67.6 Å². The van der Waals surface area contributed by atoms with Gasteiger partial charge in [0.2, 0.25) is 0 Å². The van der Waals surface area contributed by atoms with Crippen LogP contribution in [0, 0.1) is 0 Å². The Morgan fingerprint density at radius 3 is 2.45 bits per heavy atom. The molecule has 0 amide bonds. The lowest BCUT2D eigenvalue weighted by molar-refractivity contribution is 0.0839. The van der Waals surface area contributed by atoms with Crippen molar-refractivity contribution in [1.29, 1.82) is 0 Å². The molecule has 1 heterocycles. The summed E-state index contributed by atoms with van der Waals surface area (Å²) in [6.07, 6.45) is 5.37. The van der Waals surface area contributed by atoms with Gasteiger partial charge in [-0.2, -0.15) is 0 Å². The highest BCUT2D eigenvalue weighted by molar-refractivity contribution is 6.03. The normalized spacial score (nSPS) is 15.9. The SMILES string of the molecule is CC(C)=CCC/C(C)=C/Cc1c(O)cc(O)c2c1O[C@@H](c1ccc(O)cc1O)CC2=O. The third-order valence-electron chi connectivity index (χ3n) is 5.36. The number of benzene rings is 2. The number of hydrogen-bond donors (Lipinski definition) is 4. The summed E-state index contributed by atoms with van der Waals surface area (Å²) in [5.74, 6) is -1.01. The molecule has 0 saturated carbocycles. The van der Waals surface area contributed by atoms with Crippen LogP contribution in [0.3, 0.4) is 0 Å². The summed E-state index contributed by atoms with van der Waals surface area (Å²) in [5, 5.41) is 40.5. The zero-order valence-corrected chi connectivity index (χ0v) is 18.0. The van der Waals surface area contributed by atoms with Gasteiger partial charge in [0.15, 0.2) is 5.78 Å². The molecule has 0 bridgehead atoms. The standard InChI is InChI=1S/C25H28O6/c1-14(2)5-4-6-15(3)7-9-18-20(28)12-21(29)24-22(30)13-23(31-25(18)24)17-10-8-16(26)11-19(17)27/h5,7-8,10-12,23,26-29H,4,6,9,13H2,1-3H3/b15-7+/t23-/m1/s1. The average Bonchev–Trinajstić information content (AvgIpc) is 2.66. The molecule has 0 spiro atoms. The number of fused-ring (bicyclic) bond motifs is 1. The Hall–Kier alpha value is -3.41. The van der Waals surface area contributed by atoms with Gasteiger partial charge in [0.25, 0.3) is 0 Å². The molecule has 0 aromatic heterocycles. The minimum Gasteiger partial charge on any atom is -0.508 e. The monoisotopic (exact) mass is 424 g/mol. The lowest BCUT2D eigenvalue weighted by atomic mass is 9.91. The lowest BCUT2D eigenvalue weighted by Crippen LogP contribution is -2.21. The van der Waals surface area contributed by atoms with Crippen LogP contribution in [0.15, 0.2) is 47.6 Å². The fourth-order valence-electron chi connectivity index (χ4n) is 3.67. The third-order valence-corrected chi connectivity index (χ3v) is 5.36. The van der Waals surface area contributed by atoms with Gasteiger partial charge < -0.3 is 25.2 Å². The number of ketones is 1. The molecule has 2 aromatic carbocycles. The number of aromatic hydroxyl groups is 4. The quantitative estimate of drug-likeness (QED) is 0.459. The fourth-order valence-corrected chi connectivity index (χ4v) is 3.67. The molecule has 0 radical (unpaired) electrons. The number of carbonyl (C=O) groups is 1. The Kier molecular flexibility index (Phi) is 6.59. The van der Waals surface area contributed by atoms with Crippen LogP contribution in [0.4, 0.5) is 0 Å². The number of ether oxygens (including phenoxy) is 1. The van der Waals surface area contributed by atoms with E-state index in [0.717, 1.165) is 18.4 Å². The Morgan fingerprint density at radius 1 is 1.03 bits per heavy atom. The van der Waals surface area contributed by atoms with Gasteiger partial charge in [-0.25, -0.2) is 0 Å². The summed E-state index contributed by atoms with van der Waals surface area (Å²) in [6, 6.07) is 5.24. The van der Waals surface area contributed by atoms with Gasteiger partial charge in [-0.05, 0) is 52.2 Å². The van der Waals surface area contributed by atoms with E-state index in [1.54, 1.807) is 0 Å². The van der Waals surface area contributed by atoms with E-state index in [-0.39, 0.29) is 46.5 Å². The van der Waals surface area contributed by atoms with E-state index >= 15 is 0 Å². The van der Waals surface area contributed by atoms with Crippen LogP contribution in [0.25, 0.3) is 0 Å². The maximum absolute atomic E-state index is 12.8. The summed E-state index contributed by atoms with van der Waals surface area (Å²) in [6.45, 7) is 6.11. The van der Waals surface area contributed by atoms with Crippen LogP contribution in [-0.4, -0.2) is 26.2 Å². The van der Waals surface area contributed by atoms with Crippen LogP contribution in [0.5, 0.6) is 28.7 Å². The molecule has 6 nitrogen and oxygen atoms in total. The second-order valence-electron chi connectivity index (χ2n) is 8.15. The van der Waals surface area contributed by atoms with E-state index in [4.69, 9.17) is 4.74 Å². The lowest BCUT2D eigenvalue weighted by Gasteiger charge is -2.28. The molecule has 164 valence electrons. The van der Waals surface area contributed by atoms with Crippen LogP contribution >= 0.6 is 0 Å².